The van der Waals surface area contributed by atoms with Crippen LogP contribution in [0.15, 0.2) is 0 Å². The number of carbonyl (C=O) groups excluding carboxylic acids is 1. The molecule has 1 aliphatic rings. The lowest BCUT2D eigenvalue weighted by Crippen LogP contribution is -2.41. The molecule has 24 heavy (non-hydrogen) atoms. The number of anilines is 1. The van der Waals surface area contributed by atoms with Gasteiger partial charge in [-0.1, -0.05) is 0 Å². The molecule has 1 amide bonds. The number of hydrogen-bond acceptors (Lipinski definition) is 8. The lowest BCUT2D eigenvalue weighted by atomic mass is 10.2. The van der Waals surface area contributed by atoms with Crippen LogP contribution in [-0.4, -0.2) is 70.5 Å². The van der Waals surface area contributed by atoms with Crippen LogP contribution in [0.2, 0.25) is 0 Å². The zero-order valence-electron chi connectivity index (χ0n) is 15.0. The number of likely N-dealkylation sites (N-methyl/N-ethyl adjacent to an activating group) is 1. The SMILES string of the molecule is CO[C@H](C)c1nsc(N(C)[C@H]2CN(C(=O)OC(C)(C)C)C[C@@H]2O)n1. The summed E-state index contributed by atoms with van der Waals surface area (Å²) < 4.78 is 14.9. The van der Waals surface area contributed by atoms with Gasteiger partial charge in [-0.05, 0) is 27.7 Å². The van der Waals surface area contributed by atoms with Gasteiger partial charge in [0.25, 0.3) is 0 Å². The molecule has 0 aliphatic carbocycles. The minimum absolute atomic E-state index is 0.185. The predicted octanol–water partition coefficient (Wildman–Crippen LogP) is 1.66. The fraction of sp³-hybridized carbons (Fsp3) is 0.800. The number of hydrogen-bond donors (Lipinski definition) is 1. The van der Waals surface area contributed by atoms with Crippen molar-refractivity contribution >= 4 is 22.8 Å². The third-order valence-corrected chi connectivity index (χ3v) is 4.68. The summed E-state index contributed by atoms with van der Waals surface area (Å²) >= 11 is 1.25. The molecule has 1 fully saturated rings. The first-order valence-electron chi connectivity index (χ1n) is 7.87. The lowest BCUT2D eigenvalue weighted by molar-refractivity contribution is 0.0270. The number of aliphatic hydroxyl groups excluding tert-OH is 1. The van der Waals surface area contributed by atoms with Gasteiger partial charge in [-0.3, -0.25) is 0 Å². The Kier molecular flexibility index (Phi) is 5.67. The second kappa shape index (κ2) is 7.20. The Morgan fingerprint density at radius 3 is 2.71 bits per heavy atom. The van der Waals surface area contributed by atoms with E-state index in [9.17, 15) is 9.90 Å². The van der Waals surface area contributed by atoms with Gasteiger partial charge in [-0.2, -0.15) is 4.37 Å². The van der Waals surface area contributed by atoms with Gasteiger partial charge in [-0.15, -0.1) is 0 Å². The number of rotatable bonds is 4. The Morgan fingerprint density at radius 1 is 1.46 bits per heavy atom. The lowest BCUT2D eigenvalue weighted by Gasteiger charge is -2.26. The van der Waals surface area contributed by atoms with Crippen LogP contribution in [0.5, 0.6) is 0 Å². The van der Waals surface area contributed by atoms with Crippen LogP contribution in [0.25, 0.3) is 0 Å². The third-order valence-electron chi connectivity index (χ3n) is 3.86. The van der Waals surface area contributed by atoms with Crippen LogP contribution in [0.3, 0.4) is 0 Å². The average Bonchev–Trinajstić information content (AvgIpc) is 3.11. The van der Waals surface area contributed by atoms with Crippen molar-refractivity contribution in [2.45, 2.75) is 51.5 Å². The van der Waals surface area contributed by atoms with E-state index in [-0.39, 0.29) is 18.7 Å². The highest BCUT2D eigenvalue weighted by molar-refractivity contribution is 7.09. The van der Waals surface area contributed by atoms with Gasteiger partial charge in [0.1, 0.15) is 11.7 Å². The molecular weight excluding hydrogens is 332 g/mol. The molecule has 8 nitrogen and oxygen atoms in total. The number of likely N-dealkylation sites (tertiary alicyclic amines) is 1. The van der Waals surface area contributed by atoms with Crippen LogP contribution in [0, 0.1) is 0 Å². The summed E-state index contributed by atoms with van der Waals surface area (Å²) in [6.07, 6.45) is -1.27. The maximum absolute atomic E-state index is 12.2. The molecule has 9 heteroatoms. The van der Waals surface area contributed by atoms with Gasteiger partial charge < -0.3 is 24.4 Å². The molecule has 2 heterocycles. The van der Waals surface area contributed by atoms with Crippen molar-refractivity contribution in [1.82, 2.24) is 14.3 Å². The number of β-amino-alcohol motifs (C(OH)–C–C–N with tert-alkyl or cyclic N) is 1. The Morgan fingerprint density at radius 2 is 2.12 bits per heavy atom. The van der Waals surface area contributed by atoms with E-state index < -0.39 is 17.8 Å². The van der Waals surface area contributed by atoms with Crippen LogP contribution in [0.4, 0.5) is 9.93 Å². The Bertz CT molecular complexity index is 574. The van der Waals surface area contributed by atoms with Crippen molar-refractivity contribution in [1.29, 1.82) is 0 Å². The molecule has 1 aromatic heterocycles. The maximum Gasteiger partial charge on any atom is 0.410 e. The highest BCUT2D eigenvalue weighted by atomic mass is 32.1. The second-order valence-electron chi connectivity index (χ2n) is 6.94. The van der Waals surface area contributed by atoms with Crippen molar-refractivity contribution in [3.05, 3.63) is 5.82 Å². The normalized spacial score (nSPS) is 22.5. The minimum Gasteiger partial charge on any atom is -0.444 e. The van der Waals surface area contributed by atoms with Crippen LogP contribution < -0.4 is 4.90 Å². The van der Waals surface area contributed by atoms with Gasteiger partial charge in [0.05, 0.1) is 18.7 Å². The van der Waals surface area contributed by atoms with Gasteiger partial charge >= 0.3 is 6.09 Å². The fourth-order valence-corrected chi connectivity index (χ4v) is 3.17. The molecule has 1 N–H and O–H groups in total. The molecule has 0 saturated carbocycles. The summed E-state index contributed by atoms with van der Waals surface area (Å²) in [7, 11) is 3.45. The van der Waals surface area contributed by atoms with Gasteiger partial charge in [0, 0.05) is 32.2 Å². The van der Waals surface area contributed by atoms with Crippen molar-refractivity contribution in [2.24, 2.45) is 0 Å². The average molecular weight is 358 g/mol. The standard InChI is InChI=1S/C15H26N4O4S/c1-9(22-6)12-16-13(24-17-12)18(5)10-7-19(8-11(10)20)14(21)23-15(2,3)4/h9-11,20H,7-8H2,1-6H3/t9-,10+,11+/m1/s1. The number of ether oxygens (including phenoxy) is 2. The summed E-state index contributed by atoms with van der Waals surface area (Å²) in [6.45, 7) is 7.95. The summed E-state index contributed by atoms with van der Waals surface area (Å²) in [5, 5.41) is 11.0. The fourth-order valence-electron chi connectivity index (χ4n) is 2.41. The topological polar surface area (TPSA) is 88.0 Å². The van der Waals surface area contributed by atoms with Gasteiger partial charge in [0.15, 0.2) is 5.82 Å². The molecule has 0 spiro atoms. The van der Waals surface area contributed by atoms with Crippen molar-refractivity contribution in [3.63, 3.8) is 0 Å². The second-order valence-corrected chi connectivity index (χ2v) is 7.67. The predicted molar refractivity (Wildman–Crippen MR) is 91.3 cm³/mol. The summed E-state index contributed by atoms with van der Waals surface area (Å²) in [5.41, 5.74) is -0.559. The largest absolute Gasteiger partial charge is 0.444 e. The van der Waals surface area contributed by atoms with Crippen molar-refractivity contribution < 1.29 is 19.4 Å². The molecule has 0 radical (unpaired) electrons. The molecular formula is C15H26N4O4S. The van der Waals surface area contributed by atoms with E-state index in [0.29, 0.717) is 17.5 Å². The molecule has 1 saturated heterocycles. The number of aliphatic hydroxyl groups is 1. The molecule has 0 unspecified atom stereocenters. The van der Waals surface area contributed by atoms with Crippen molar-refractivity contribution in [2.75, 3.05) is 32.1 Å². The van der Waals surface area contributed by atoms with E-state index in [2.05, 4.69) is 9.36 Å². The van der Waals surface area contributed by atoms with E-state index in [0.717, 1.165) is 0 Å². The summed E-state index contributed by atoms with van der Waals surface area (Å²) in [4.78, 5) is 20.0. The highest BCUT2D eigenvalue weighted by Crippen LogP contribution is 2.26. The van der Waals surface area contributed by atoms with E-state index in [1.807, 2.05) is 39.6 Å². The van der Waals surface area contributed by atoms with Crippen LogP contribution in [-0.2, 0) is 9.47 Å². The number of aromatic nitrogens is 2. The maximum atomic E-state index is 12.2. The first-order chi connectivity index (χ1) is 11.1. The molecule has 2 rings (SSSR count). The van der Waals surface area contributed by atoms with Crippen LogP contribution in [0.1, 0.15) is 39.6 Å². The number of carbonyl (C=O) groups is 1. The van der Waals surface area contributed by atoms with E-state index >= 15 is 0 Å². The smallest absolute Gasteiger partial charge is 0.410 e. The number of methoxy groups -OCH3 is 1. The minimum atomic E-state index is -0.672. The third kappa shape index (κ3) is 4.34. The number of nitrogens with zero attached hydrogens (tertiary/aromatic N) is 4. The monoisotopic (exact) mass is 358 g/mol. The number of amides is 1. The highest BCUT2D eigenvalue weighted by Gasteiger charge is 2.39. The van der Waals surface area contributed by atoms with E-state index in [1.54, 1.807) is 7.11 Å². The van der Waals surface area contributed by atoms with Gasteiger partial charge in [-0.25, -0.2) is 9.78 Å². The van der Waals surface area contributed by atoms with E-state index in [1.165, 1.54) is 16.4 Å². The zero-order chi connectivity index (χ0) is 18.1. The zero-order valence-corrected chi connectivity index (χ0v) is 15.8. The molecule has 3 atom stereocenters. The molecule has 0 aromatic carbocycles. The van der Waals surface area contributed by atoms with Gasteiger partial charge in [0.2, 0.25) is 5.13 Å². The molecule has 0 bridgehead atoms. The Hall–Kier alpha value is -1.45. The quantitative estimate of drug-likeness (QED) is 0.876. The van der Waals surface area contributed by atoms with Crippen molar-refractivity contribution in [3.8, 4) is 0 Å². The van der Waals surface area contributed by atoms with Crippen LogP contribution >= 0.6 is 11.5 Å². The summed E-state index contributed by atoms with van der Waals surface area (Å²) in [5.74, 6) is 0.612. The molecule has 1 aromatic rings. The molecule has 136 valence electrons. The summed E-state index contributed by atoms with van der Waals surface area (Å²) in [6, 6.07) is -0.254. The Balaban J connectivity index is 2.04. The Labute approximate surface area is 146 Å². The molecule has 1 aliphatic heterocycles. The van der Waals surface area contributed by atoms with E-state index in [4.69, 9.17) is 9.47 Å². The first kappa shape index (κ1) is 18.9. The first-order valence-corrected chi connectivity index (χ1v) is 8.65.